The van der Waals surface area contributed by atoms with Gasteiger partial charge in [-0.25, -0.2) is 22.5 Å². The van der Waals surface area contributed by atoms with Crippen molar-refractivity contribution in [2.24, 2.45) is 0 Å². The Kier molecular flexibility index (Phi) is 7.97. The maximum Gasteiger partial charge on any atom is 0.311 e. The molecule has 2 aromatic rings. The van der Waals surface area contributed by atoms with Crippen molar-refractivity contribution in [1.29, 1.82) is 0 Å². The molecule has 2 aliphatic heterocycles. The van der Waals surface area contributed by atoms with Crippen molar-refractivity contribution >= 4 is 27.7 Å². The highest BCUT2D eigenvalue weighted by molar-refractivity contribution is 7.88. The van der Waals surface area contributed by atoms with Gasteiger partial charge in [-0.3, -0.25) is 23.7 Å². The molecular weight excluding hydrogens is 559 g/mol. The quantitative estimate of drug-likeness (QED) is 0.375. The molecular formula is C26H33FN6O7S. The highest BCUT2D eigenvalue weighted by atomic mass is 32.2. The summed E-state index contributed by atoms with van der Waals surface area (Å²) in [5.74, 6) is -3.26. The van der Waals surface area contributed by atoms with Crippen LogP contribution in [0.15, 0.2) is 23.0 Å². The molecule has 3 aliphatic rings. The molecule has 0 radical (unpaired) electrons. The van der Waals surface area contributed by atoms with E-state index in [0.717, 1.165) is 11.2 Å². The van der Waals surface area contributed by atoms with E-state index < -0.39 is 44.4 Å². The van der Waals surface area contributed by atoms with Crippen molar-refractivity contribution < 1.29 is 31.9 Å². The Morgan fingerprint density at radius 1 is 1.17 bits per heavy atom. The molecule has 13 nitrogen and oxygen atoms in total. The SMILES string of the molecule is COc1c(C(=O)NCc2ccc(F)c(C)c2)nc2n(c1=O)CC1(NS(C)(=O)=O)CCC2(NC(=O)C(=O)N(C)C)CC1. The summed E-state index contributed by atoms with van der Waals surface area (Å²) >= 11 is 0. The molecule has 1 aliphatic carbocycles. The number of ether oxygens (including phenoxy) is 1. The smallest absolute Gasteiger partial charge is 0.311 e. The van der Waals surface area contributed by atoms with Crippen LogP contribution in [-0.4, -0.2) is 73.6 Å². The van der Waals surface area contributed by atoms with E-state index in [1.807, 2.05) is 0 Å². The van der Waals surface area contributed by atoms with Gasteiger partial charge in [0.2, 0.25) is 15.8 Å². The first kappa shape index (κ1) is 30.1. The maximum atomic E-state index is 13.8. The number of likely N-dealkylation sites (N-methyl/N-ethyl adjacent to an activating group) is 1. The van der Waals surface area contributed by atoms with Crippen LogP contribution in [-0.2, 0) is 38.2 Å². The number of nitrogens with zero attached hydrogens (tertiary/aromatic N) is 3. The predicted octanol–water partition coefficient (Wildman–Crippen LogP) is -0.0953. The van der Waals surface area contributed by atoms with E-state index in [2.05, 4.69) is 20.3 Å². The van der Waals surface area contributed by atoms with Crippen LogP contribution in [0.4, 0.5) is 4.39 Å². The topological polar surface area (TPSA) is 169 Å². The number of hydrogen-bond donors (Lipinski definition) is 3. The van der Waals surface area contributed by atoms with Crippen LogP contribution in [0, 0.1) is 12.7 Å². The largest absolute Gasteiger partial charge is 0.489 e. The second-order valence-electron chi connectivity index (χ2n) is 10.9. The van der Waals surface area contributed by atoms with E-state index in [9.17, 15) is 32.0 Å². The normalized spacial score (nSPS) is 21.4. The highest BCUT2D eigenvalue weighted by Gasteiger charge is 2.53. The molecule has 3 heterocycles. The van der Waals surface area contributed by atoms with Crippen molar-refractivity contribution in [3.63, 3.8) is 0 Å². The molecule has 2 bridgehead atoms. The van der Waals surface area contributed by atoms with Crippen LogP contribution < -0.4 is 25.7 Å². The van der Waals surface area contributed by atoms with Gasteiger partial charge in [0.25, 0.3) is 11.5 Å². The lowest BCUT2D eigenvalue weighted by Gasteiger charge is -2.42. The monoisotopic (exact) mass is 592 g/mol. The number of fused-ring (bicyclic) bond motifs is 2. The molecule has 1 aromatic carbocycles. The zero-order valence-electron chi connectivity index (χ0n) is 23.5. The number of methoxy groups -OCH3 is 1. The zero-order valence-corrected chi connectivity index (χ0v) is 24.3. The van der Waals surface area contributed by atoms with Gasteiger partial charge >= 0.3 is 11.8 Å². The summed E-state index contributed by atoms with van der Waals surface area (Å²) in [4.78, 5) is 58.2. The third-order valence-corrected chi connectivity index (χ3v) is 8.33. The zero-order chi connectivity index (χ0) is 30.3. The van der Waals surface area contributed by atoms with Gasteiger partial charge in [-0.15, -0.1) is 0 Å². The van der Waals surface area contributed by atoms with Crippen LogP contribution in [0.3, 0.4) is 0 Å². The van der Waals surface area contributed by atoms with Crippen molar-refractivity contribution in [1.82, 2.24) is 29.8 Å². The number of hydrogen-bond acceptors (Lipinski definition) is 8. The van der Waals surface area contributed by atoms with Gasteiger partial charge in [0, 0.05) is 27.2 Å². The molecule has 3 N–H and O–H groups in total. The number of carbonyl (C=O) groups is 3. The van der Waals surface area contributed by atoms with Gasteiger partial charge in [0.1, 0.15) is 11.6 Å². The van der Waals surface area contributed by atoms with Crippen molar-refractivity contribution in [2.45, 2.75) is 56.8 Å². The summed E-state index contributed by atoms with van der Waals surface area (Å²) in [7, 11) is 0.340. The van der Waals surface area contributed by atoms with Crippen LogP contribution in [0.25, 0.3) is 0 Å². The minimum Gasteiger partial charge on any atom is -0.489 e. The number of amides is 3. The average Bonchev–Trinajstić information content (AvgIpc) is 3.10. The minimum absolute atomic E-state index is 0.00378. The van der Waals surface area contributed by atoms with Crippen LogP contribution >= 0.6 is 0 Å². The fourth-order valence-corrected chi connectivity index (χ4v) is 6.55. The maximum absolute atomic E-state index is 13.8. The average molecular weight is 593 g/mol. The molecule has 5 rings (SSSR count). The Bertz CT molecular complexity index is 1580. The molecule has 15 heteroatoms. The summed E-state index contributed by atoms with van der Waals surface area (Å²) in [6.45, 7) is 1.46. The number of carbonyl (C=O) groups excluding carboxylic acids is 3. The predicted molar refractivity (Wildman–Crippen MR) is 145 cm³/mol. The second-order valence-corrected chi connectivity index (χ2v) is 12.6. The Balaban J connectivity index is 1.81. The Labute approximate surface area is 236 Å². The fourth-order valence-electron chi connectivity index (χ4n) is 5.49. The summed E-state index contributed by atoms with van der Waals surface area (Å²) in [6, 6.07) is 4.37. The fraction of sp³-hybridized carbons (Fsp3) is 0.500. The van der Waals surface area contributed by atoms with Crippen molar-refractivity contribution in [2.75, 3.05) is 27.5 Å². The molecule has 0 atom stereocenters. The highest BCUT2D eigenvalue weighted by Crippen LogP contribution is 2.45. The van der Waals surface area contributed by atoms with Gasteiger partial charge in [0.05, 0.1) is 24.4 Å². The third-order valence-electron chi connectivity index (χ3n) is 7.53. The first-order chi connectivity index (χ1) is 19.1. The lowest BCUT2D eigenvalue weighted by atomic mass is 9.73. The lowest BCUT2D eigenvalue weighted by molar-refractivity contribution is -0.145. The van der Waals surface area contributed by atoms with Gasteiger partial charge in [0.15, 0.2) is 5.69 Å². The summed E-state index contributed by atoms with van der Waals surface area (Å²) < 4.78 is 47.4. The number of sulfonamides is 1. The van der Waals surface area contributed by atoms with E-state index in [-0.39, 0.29) is 61.9 Å². The molecule has 1 fully saturated rings. The number of rotatable bonds is 7. The van der Waals surface area contributed by atoms with Gasteiger partial charge in [-0.05, 0) is 49.8 Å². The molecule has 0 spiro atoms. The number of aromatic nitrogens is 2. The summed E-state index contributed by atoms with van der Waals surface area (Å²) in [5, 5.41) is 5.40. The van der Waals surface area contributed by atoms with Gasteiger partial charge < -0.3 is 20.3 Å². The Hall–Kier alpha value is -3.85. The summed E-state index contributed by atoms with van der Waals surface area (Å²) in [6.07, 6.45) is 1.72. The van der Waals surface area contributed by atoms with E-state index in [1.165, 1.54) is 37.9 Å². The Morgan fingerprint density at radius 2 is 1.83 bits per heavy atom. The van der Waals surface area contributed by atoms with Crippen molar-refractivity contribution in [3.8, 4) is 5.75 Å². The molecule has 41 heavy (non-hydrogen) atoms. The lowest BCUT2D eigenvalue weighted by Crippen LogP contribution is -2.57. The van der Waals surface area contributed by atoms with E-state index >= 15 is 0 Å². The standard InChI is InChI=1S/C26H33FN6O7S/c1-15-12-16(6-7-17(15)27)13-28-20(34)18-19(40-4)22(36)33-14-25(31-41(5,38)39)8-10-26(11-9-25,24(33)29-18)30-21(35)23(37)32(2)3/h6-7,12,31H,8-11,13-14H2,1-5H3,(H,28,34)(H,30,35). The van der Waals surface area contributed by atoms with E-state index in [4.69, 9.17) is 4.74 Å². The van der Waals surface area contributed by atoms with Crippen LogP contribution in [0.5, 0.6) is 5.75 Å². The minimum atomic E-state index is -3.70. The molecule has 0 saturated heterocycles. The third kappa shape index (κ3) is 5.95. The molecule has 1 saturated carbocycles. The number of aryl methyl sites for hydroxylation is 1. The first-order valence-electron chi connectivity index (χ1n) is 12.9. The van der Waals surface area contributed by atoms with Crippen molar-refractivity contribution in [3.05, 3.63) is 57.0 Å². The van der Waals surface area contributed by atoms with Gasteiger partial charge in [-0.2, -0.15) is 0 Å². The number of benzene rings is 1. The molecule has 1 aromatic heterocycles. The second kappa shape index (κ2) is 10.9. The number of halogens is 1. The van der Waals surface area contributed by atoms with Gasteiger partial charge in [-0.1, -0.05) is 12.1 Å². The summed E-state index contributed by atoms with van der Waals surface area (Å²) in [5.41, 5.74) is -2.50. The molecule has 222 valence electrons. The van der Waals surface area contributed by atoms with Crippen LogP contribution in [0.2, 0.25) is 0 Å². The van der Waals surface area contributed by atoms with E-state index in [0.29, 0.717) is 11.1 Å². The van der Waals surface area contributed by atoms with E-state index in [1.54, 1.807) is 13.0 Å². The number of nitrogens with one attached hydrogen (secondary N) is 3. The first-order valence-corrected chi connectivity index (χ1v) is 14.7. The Morgan fingerprint density at radius 3 is 2.39 bits per heavy atom. The molecule has 0 unspecified atom stereocenters. The molecule has 3 amide bonds. The van der Waals surface area contributed by atoms with Crippen LogP contribution in [0.1, 0.15) is 53.1 Å².